The first-order chi connectivity index (χ1) is 12.7. The van der Waals surface area contributed by atoms with Crippen LogP contribution in [0.1, 0.15) is 43.2 Å². The van der Waals surface area contributed by atoms with Crippen molar-refractivity contribution in [3.63, 3.8) is 0 Å². The molecule has 3 unspecified atom stereocenters. The third-order valence-electron chi connectivity index (χ3n) is 6.30. The van der Waals surface area contributed by atoms with Crippen molar-refractivity contribution in [3.05, 3.63) is 69.3 Å². The fourth-order valence-corrected chi connectivity index (χ4v) is 5.40. The van der Waals surface area contributed by atoms with E-state index in [0.29, 0.717) is 5.92 Å². The predicted octanol–water partition coefficient (Wildman–Crippen LogP) is 5.09. The number of hydrogen-bond acceptors (Lipinski definition) is 2. The summed E-state index contributed by atoms with van der Waals surface area (Å²) in [6.45, 7) is 1.74. The van der Waals surface area contributed by atoms with Gasteiger partial charge in [0.05, 0.1) is 5.60 Å². The lowest BCUT2D eigenvalue weighted by molar-refractivity contribution is -0.109. The highest BCUT2D eigenvalue weighted by Crippen LogP contribution is 2.54. The molecular formula is C23H28INO. The Balaban J connectivity index is 1.54. The second kappa shape index (κ2) is 7.99. The predicted molar refractivity (Wildman–Crippen MR) is 115 cm³/mol. The van der Waals surface area contributed by atoms with Crippen LogP contribution < -0.4 is 5.32 Å². The maximum Gasteiger partial charge on any atom is 0.0967 e. The van der Waals surface area contributed by atoms with Gasteiger partial charge in [-0.25, -0.2) is 0 Å². The van der Waals surface area contributed by atoms with Gasteiger partial charge in [0, 0.05) is 22.6 Å². The highest BCUT2D eigenvalue weighted by molar-refractivity contribution is 14.1. The lowest BCUT2D eigenvalue weighted by Crippen LogP contribution is -2.49. The summed E-state index contributed by atoms with van der Waals surface area (Å²) in [5.41, 5.74) is 1.75. The highest BCUT2D eigenvalue weighted by atomic mass is 127. The molecule has 0 aromatic heterocycles. The van der Waals surface area contributed by atoms with Crippen molar-refractivity contribution in [3.8, 4) is 0 Å². The molecule has 0 saturated heterocycles. The van der Waals surface area contributed by atoms with E-state index in [-0.39, 0.29) is 5.92 Å². The normalized spacial score (nSPS) is 28.8. The van der Waals surface area contributed by atoms with Gasteiger partial charge < -0.3 is 10.4 Å². The number of benzene rings is 2. The van der Waals surface area contributed by atoms with Crippen molar-refractivity contribution in [2.75, 3.05) is 6.54 Å². The summed E-state index contributed by atoms with van der Waals surface area (Å²) in [6.07, 6.45) is 6.10. The van der Waals surface area contributed by atoms with Gasteiger partial charge in [0.2, 0.25) is 0 Å². The first kappa shape index (κ1) is 18.5. The summed E-state index contributed by atoms with van der Waals surface area (Å²) in [7, 11) is 0. The van der Waals surface area contributed by atoms with Crippen LogP contribution in [0, 0.1) is 21.3 Å². The molecule has 2 aliphatic rings. The number of rotatable bonds is 6. The molecule has 0 heterocycles. The van der Waals surface area contributed by atoms with Gasteiger partial charge in [-0.05, 0) is 83.4 Å². The molecule has 0 spiro atoms. The van der Waals surface area contributed by atoms with Crippen molar-refractivity contribution in [1.29, 1.82) is 0 Å². The molecule has 3 heteroatoms. The average molecular weight is 461 g/mol. The molecule has 26 heavy (non-hydrogen) atoms. The van der Waals surface area contributed by atoms with Crippen LogP contribution in [-0.2, 0) is 12.1 Å². The van der Waals surface area contributed by atoms with E-state index in [0.717, 1.165) is 31.0 Å². The number of halogens is 1. The van der Waals surface area contributed by atoms with Crippen LogP contribution in [0.2, 0.25) is 0 Å². The molecule has 4 rings (SSSR count). The molecule has 2 nitrogen and oxygen atoms in total. The molecule has 2 aromatic carbocycles. The summed E-state index contributed by atoms with van der Waals surface area (Å²) in [4.78, 5) is 0. The van der Waals surface area contributed by atoms with Crippen LogP contribution in [0.25, 0.3) is 0 Å². The summed E-state index contributed by atoms with van der Waals surface area (Å²) < 4.78 is 1.21. The Kier molecular flexibility index (Phi) is 5.67. The first-order valence-electron chi connectivity index (χ1n) is 9.91. The lowest BCUT2D eigenvalue weighted by atomic mass is 9.63. The zero-order valence-corrected chi connectivity index (χ0v) is 17.4. The van der Waals surface area contributed by atoms with Crippen LogP contribution in [0.15, 0.2) is 54.6 Å². The van der Waals surface area contributed by atoms with Gasteiger partial charge in [-0.2, -0.15) is 0 Å². The Morgan fingerprint density at radius 1 is 1.00 bits per heavy atom. The SMILES string of the molecule is OC1(c2cccc(I)c2)C(CNCc2ccccc2)CCCC1C1CC1. The summed E-state index contributed by atoms with van der Waals surface area (Å²) in [5, 5.41) is 15.7. The Labute approximate surface area is 170 Å². The second-order valence-corrected chi connectivity index (χ2v) is 9.27. The van der Waals surface area contributed by atoms with Crippen LogP contribution in [-0.4, -0.2) is 11.7 Å². The van der Waals surface area contributed by atoms with Gasteiger partial charge in [-0.1, -0.05) is 48.9 Å². The zero-order valence-electron chi connectivity index (χ0n) is 15.2. The van der Waals surface area contributed by atoms with Crippen LogP contribution in [0.3, 0.4) is 0 Å². The van der Waals surface area contributed by atoms with Crippen molar-refractivity contribution in [1.82, 2.24) is 5.32 Å². The fraction of sp³-hybridized carbons (Fsp3) is 0.478. The lowest BCUT2D eigenvalue weighted by Gasteiger charge is -2.47. The molecule has 2 aliphatic carbocycles. The molecule has 0 aliphatic heterocycles. The Hall–Kier alpha value is -0.910. The smallest absolute Gasteiger partial charge is 0.0967 e. The number of nitrogens with one attached hydrogen (secondary N) is 1. The Morgan fingerprint density at radius 2 is 1.81 bits per heavy atom. The maximum absolute atomic E-state index is 12.1. The van der Waals surface area contributed by atoms with Crippen molar-refractivity contribution >= 4 is 22.6 Å². The third-order valence-corrected chi connectivity index (χ3v) is 6.97. The molecule has 3 atom stereocenters. The molecule has 2 aromatic rings. The molecule has 138 valence electrons. The van der Waals surface area contributed by atoms with Gasteiger partial charge in [0.15, 0.2) is 0 Å². The molecule has 0 radical (unpaired) electrons. The minimum Gasteiger partial charge on any atom is -0.385 e. The van der Waals surface area contributed by atoms with Gasteiger partial charge in [0.1, 0.15) is 0 Å². The van der Waals surface area contributed by atoms with Crippen molar-refractivity contribution in [2.45, 2.75) is 44.2 Å². The minimum atomic E-state index is -0.690. The number of aliphatic hydroxyl groups is 1. The van der Waals surface area contributed by atoms with Crippen LogP contribution in [0.4, 0.5) is 0 Å². The Morgan fingerprint density at radius 3 is 2.54 bits per heavy atom. The van der Waals surface area contributed by atoms with E-state index in [1.807, 2.05) is 0 Å². The molecule has 0 amide bonds. The summed E-state index contributed by atoms with van der Waals surface area (Å²) >= 11 is 2.37. The second-order valence-electron chi connectivity index (χ2n) is 8.02. The van der Waals surface area contributed by atoms with E-state index in [1.165, 1.54) is 34.8 Å². The van der Waals surface area contributed by atoms with Gasteiger partial charge >= 0.3 is 0 Å². The van der Waals surface area contributed by atoms with Gasteiger partial charge in [-0.3, -0.25) is 0 Å². The van der Waals surface area contributed by atoms with E-state index in [1.54, 1.807) is 0 Å². The monoisotopic (exact) mass is 461 g/mol. The minimum absolute atomic E-state index is 0.281. The zero-order chi connectivity index (χ0) is 18.0. The Bertz CT molecular complexity index is 730. The van der Waals surface area contributed by atoms with Crippen molar-refractivity contribution in [2.24, 2.45) is 17.8 Å². The third kappa shape index (κ3) is 3.85. The van der Waals surface area contributed by atoms with Crippen molar-refractivity contribution < 1.29 is 5.11 Å². The molecule has 2 N–H and O–H groups in total. The van der Waals surface area contributed by atoms with E-state index < -0.39 is 5.60 Å². The molecule has 2 saturated carbocycles. The highest BCUT2D eigenvalue weighted by Gasteiger charge is 2.52. The quantitative estimate of drug-likeness (QED) is 0.588. The van der Waals surface area contributed by atoms with Crippen LogP contribution in [0.5, 0.6) is 0 Å². The van der Waals surface area contributed by atoms with Crippen LogP contribution >= 0.6 is 22.6 Å². The van der Waals surface area contributed by atoms with E-state index in [2.05, 4.69) is 82.5 Å². The molecule has 2 fully saturated rings. The van der Waals surface area contributed by atoms with E-state index in [4.69, 9.17) is 0 Å². The summed E-state index contributed by atoms with van der Waals surface area (Å²) in [6, 6.07) is 19.1. The largest absolute Gasteiger partial charge is 0.385 e. The average Bonchev–Trinajstić information content (AvgIpc) is 3.49. The topological polar surface area (TPSA) is 32.3 Å². The maximum atomic E-state index is 12.1. The first-order valence-corrected chi connectivity index (χ1v) is 11.0. The standard InChI is InChI=1S/C23H28INO/c24-21-10-4-8-19(14-21)23(26)20(9-5-11-22(23)18-12-13-18)16-25-15-17-6-2-1-3-7-17/h1-4,6-8,10,14,18,20,22,25-26H,5,9,11-13,15-16H2. The number of hydrogen-bond donors (Lipinski definition) is 2. The van der Waals surface area contributed by atoms with Gasteiger partial charge in [-0.15, -0.1) is 0 Å². The summed E-state index contributed by atoms with van der Waals surface area (Å²) in [5.74, 6) is 1.41. The van der Waals surface area contributed by atoms with Gasteiger partial charge in [0.25, 0.3) is 0 Å². The van der Waals surface area contributed by atoms with E-state index >= 15 is 0 Å². The molecule has 0 bridgehead atoms. The molecular weight excluding hydrogens is 433 g/mol. The fourth-order valence-electron chi connectivity index (χ4n) is 4.85. The van der Waals surface area contributed by atoms with E-state index in [9.17, 15) is 5.11 Å².